The van der Waals surface area contributed by atoms with Crippen LogP contribution in [0.25, 0.3) is 10.2 Å². The maximum absolute atomic E-state index is 13.0. The minimum absolute atomic E-state index is 0.0577. The van der Waals surface area contributed by atoms with Crippen molar-refractivity contribution >= 4 is 45.0 Å². The standard InChI is InChI=1S/C24H23N5O3S2/c1-13-14(2)29(11-15-6-5-9-32-15)21(17(13)10-25)26-19(30)12-33-24-27-22-20(23(31)28(24)3)16-7-4-8-18(16)34-22/h5-6,9H,4,7-8,11-12H2,1-3H3,(H,26,30). The summed E-state index contributed by atoms with van der Waals surface area (Å²) in [5, 5.41) is 13.9. The molecule has 1 aliphatic rings. The normalized spacial score (nSPS) is 12.8. The van der Waals surface area contributed by atoms with Gasteiger partial charge in [-0.2, -0.15) is 5.26 Å². The van der Waals surface area contributed by atoms with Crippen molar-refractivity contribution in [2.24, 2.45) is 7.05 Å². The van der Waals surface area contributed by atoms with Gasteiger partial charge >= 0.3 is 0 Å². The highest BCUT2D eigenvalue weighted by atomic mass is 32.2. The summed E-state index contributed by atoms with van der Waals surface area (Å²) in [6.07, 6.45) is 4.61. The third-order valence-corrected chi connectivity index (χ3v) is 8.55. The number of hydrogen-bond acceptors (Lipinski definition) is 7. The van der Waals surface area contributed by atoms with Gasteiger partial charge in [0.05, 0.1) is 29.5 Å². The molecule has 0 spiro atoms. The first-order chi connectivity index (χ1) is 16.4. The van der Waals surface area contributed by atoms with Crippen LogP contribution in [0, 0.1) is 25.2 Å². The highest BCUT2D eigenvalue weighted by Crippen LogP contribution is 2.35. The number of amides is 1. The lowest BCUT2D eigenvalue weighted by Gasteiger charge is -2.12. The molecule has 1 amide bonds. The second-order valence-electron chi connectivity index (χ2n) is 8.34. The van der Waals surface area contributed by atoms with Gasteiger partial charge in [-0.15, -0.1) is 11.3 Å². The first-order valence-corrected chi connectivity index (χ1v) is 12.7. The molecule has 0 saturated carbocycles. The molecule has 4 aromatic rings. The van der Waals surface area contributed by atoms with Gasteiger partial charge in [-0.3, -0.25) is 14.2 Å². The number of hydrogen-bond donors (Lipinski definition) is 1. The summed E-state index contributed by atoms with van der Waals surface area (Å²) in [4.78, 5) is 32.6. The number of rotatable bonds is 6. The number of nitriles is 1. The summed E-state index contributed by atoms with van der Waals surface area (Å²) in [5.74, 6) is 0.961. The van der Waals surface area contributed by atoms with E-state index < -0.39 is 0 Å². The Morgan fingerprint density at radius 2 is 2.21 bits per heavy atom. The van der Waals surface area contributed by atoms with Crippen LogP contribution in [-0.4, -0.2) is 25.8 Å². The van der Waals surface area contributed by atoms with Crippen LogP contribution in [0.15, 0.2) is 32.8 Å². The van der Waals surface area contributed by atoms with Crippen molar-refractivity contribution in [2.45, 2.75) is 44.8 Å². The zero-order valence-electron chi connectivity index (χ0n) is 19.1. The summed E-state index contributed by atoms with van der Waals surface area (Å²) in [6.45, 7) is 4.18. The summed E-state index contributed by atoms with van der Waals surface area (Å²) in [7, 11) is 1.70. The second-order valence-corrected chi connectivity index (χ2v) is 10.4. The van der Waals surface area contributed by atoms with Crippen LogP contribution < -0.4 is 10.9 Å². The topological polar surface area (TPSA) is 106 Å². The Balaban J connectivity index is 1.38. The lowest BCUT2D eigenvalue weighted by molar-refractivity contribution is -0.113. The lowest BCUT2D eigenvalue weighted by Crippen LogP contribution is -2.22. The molecule has 1 aliphatic carbocycles. The van der Waals surface area contributed by atoms with Crippen molar-refractivity contribution in [2.75, 3.05) is 11.1 Å². The molecule has 0 unspecified atom stereocenters. The largest absolute Gasteiger partial charge is 0.467 e. The highest BCUT2D eigenvalue weighted by molar-refractivity contribution is 7.99. The maximum Gasteiger partial charge on any atom is 0.262 e. The number of aromatic nitrogens is 3. The first kappa shape index (κ1) is 22.5. The predicted molar refractivity (Wildman–Crippen MR) is 133 cm³/mol. The Kier molecular flexibility index (Phi) is 5.83. The fourth-order valence-corrected chi connectivity index (χ4v) is 6.49. The minimum Gasteiger partial charge on any atom is -0.467 e. The van der Waals surface area contributed by atoms with Crippen molar-refractivity contribution in [3.05, 3.63) is 61.8 Å². The Morgan fingerprint density at radius 3 is 2.94 bits per heavy atom. The predicted octanol–water partition coefficient (Wildman–Crippen LogP) is 4.15. The number of fused-ring (bicyclic) bond motifs is 3. The van der Waals surface area contributed by atoms with Crippen LogP contribution >= 0.6 is 23.1 Å². The molecule has 8 nitrogen and oxygen atoms in total. The Morgan fingerprint density at radius 1 is 1.38 bits per heavy atom. The van der Waals surface area contributed by atoms with E-state index in [2.05, 4.69) is 11.4 Å². The Hall–Kier alpha value is -3.29. The van der Waals surface area contributed by atoms with Crippen LogP contribution in [0.2, 0.25) is 0 Å². The number of aryl methyl sites for hydroxylation is 2. The van der Waals surface area contributed by atoms with E-state index in [1.807, 2.05) is 24.5 Å². The molecule has 0 saturated heterocycles. The Labute approximate surface area is 204 Å². The second kappa shape index (κ2) is 8.81. The number of nitrogens with one attached hydrogen (secondary N) is 1. The number of thiophene rings is 1. The van der Waals surface area contributed by atoms with Gasteiger partial charge < -0.3 is 14.3 Å². The van der Waals surface area contributed by atoms with E-state index in [9.17, 15) is 14.9 Å². The fourth-order valence-electron chi connectivity index (χ4n) is 4.42. The third-order valence-electron chi connectivity index (χ3n) is 6.33. The molecule has 0 aliphatic heterocycles. The number of carbonyl (C=O) groups excluding carboxylic acids is 1. The third kappa shape index (κ3) is 3.75. The number of nitrogens with zero attached hydrogens (tertiary/aromatic N) is 4. The van der Waals surface area contributed by atoms with E-state index in [1.165, 1.54) is 21.2 Å². The summed E-state index contributed by atoms with van der Waals surface area (Å²) < 4.78 is 8.87. The smallest absolute Gasteiger partial charge is 0.262 e. The molecule has 10 heteroatoms. The van der Waals surface area contributed by atoms with Crippen molar-refractivity contribution in [1.29, 1.82) is 5.26 Å². The maximum atomic E-state index is 13.0. The van der Waals surface area contributed by atoms with E-state index in [-0.39, 0.29) is 17.2 Å². The number of thioether (sulfide) groups is 1. The van der Waals surface area contributed by atoms with E-state index >= 15 is 0 Å². The van der Waals surface area contributed by atoms with E-state index in [0.717, 1.165) is 52.1 Å². The molecule has 4 aromatic heterocycles. The number of furan rings is 1. The minimum atomic E-state index is -0.275. The molecular formula is C24H23N5O3S2. The van der Waals surface area contributed by atoms with Gasteiger partial charge in [-0.05, 0) is 56.4 Å². The van der Waals surface area contributed by atoms with Gasteiger partial charge in [-0.25, -0.2) is 4.98 Å². The van der Waals surface area contributed by atoms with Crippen LogP contribution in [-0.2, 0) is 31.2 Å². The summed E-state index contributed by atoms with van der Waals surface area (Å²) in [5.41, 5.74) is 3.23. The summed E-state index contributed by atoms with van der Waals surface area (Å²) in [6, 6.07) is 5.87. The van der Waals surface area contributed by atoms with E-state index in [1.54, 1.807) is 30.7 Å². The monoisotopic (exact) mass is 493 g/mol. The average Bonchev–Trinajstić information content (AvgIpc) is 3.58. The number of carbonyl (C=O) groups is 1. The average molecular weight is 494 g/mol. The van der Waals surface area contributed by atoms with Crippen molar-refractivity contribution in [3.8, 4) is 6.07 Å². The lowest BCUT2D eigenvalue weighted by atomic mass is 10.2. The molecule has 0 atom stereocenters. The van der Waals surface area contributed by atoms with Gasteiger partial charge in [-0.1, -0.05) is 11.8 Å². The van der Waals surface area contributed by atoms with Crippen LogP contribution in [0.5, 0.6) is 0 Å². The molecule has 1 N–H and O–H groups in total. The zero-order chi connectivity index (χ0) is 24.0. The van der Waals surface area contributed by atoms with Crippen LogP contribution in [0.4, 0.5) is 5.82 Å². The zero-order valence-corrected chi connectivity index (χ0v) is 20.7. The molecule has 0 aromatic carbocycles. The molecule has 0 bridgehead atoms. The highest BCUT2D eigenvalue weighted by Gasteiger charge is 2.24. The van der Waals surface area contributed by atoms with Crippen LogP contribution in [0.3, 0.4) is 0 Å². The molecular weight excluding hydrogens is 470 g/mol. The van der Waals surface area contributed by atoms with E-state index in [4.69, 9.17) is 9.40 Å². The van der Waals surface area contributed by atoms with E-state index in [0.29, 0.717) is 23.1 Å². The molecule has 34 heavy (non-hydrogen) atoms. The molecule has 0 fully saturated rings. The molecule has 5 rings (SSSR count). The molecule has 4 heterocycles. The SMILES string of the molecule is Cc1c(C#N)c(NC(=O)CSc2nc3sc4c(c3c(=O)n2C)CCC4)n(Cc2ccco2)c1C. The van der Waals surface area contributed by atoms with Gasteiger partial charge in [0.2, 0.25) is 5.91 Å². The first-order valence-electron chi connectivity index (χ1n) is 10.9. The molecule has 174 valence electrons. The van der Waals surface area contributed by atoms with Gasteiger partial charge in [0.15, 0.2) is 5.16 Å². The fraction of sp³-hybridized carbons (Fsp3) is 0.333. The van der Waals surface area contributed by atoms with Crippen LogP contribution in [0.1, 0.15) is 39.4 Å². The molecule has 0 radical (unpaired) electrons. The summed E-state index contributed by atoms with van der Waals surface area (Å²) >= 11 is 2.80. The van der Waals surface area contributed by atoms with Gasteiger partial charge in [0, 0.05) is 17.6 Å². The van der Waals surface area contributed by atoms with Crippen molar-refractivity contribution in [1.82, 2.24) is 14.1 Å². The quantitative estimate of drug-likeness (QED) is 0.320. The van der Waals surface area contributed by atoms with Gasteiger partial charge in [0.25, 0.3) is 5.56 Å². The Bertz CT molecular complexity index is 1520. The number of anilines is 1. The van der Waals surface area contributed by atoms with Crippen molar-refractivity contribution in [3.63, 3.8) is 0 Å². The van der Waals surface area contributed by atoms with Crippen molar-refractivity contribution < 1.29 is 9.21 Å². The van der Waals surface area contributed by atoms with Gasteiger partial charge in [0.1, 0.15) is 22.5 Å².